The van der Waals surface area contributed by atoms with Gasteiger partial charge < -0.3 is 4.74 Å². The first-order valence-corrected chi connectivity index (χ1v) is 8.46. The van der Waals surface area contributed by atoms with Gasteiger partial charge in [0.15, 0.2) is 5.84 Å². The van der Waals surface area contributed by atoms with Gasteiger partial charge in [0.25, 0.3) is 0 Å². The van der Waals surface area contributed by atoms with Crippen LogP contribution in [-0.4, -0.2) is 36.6 Å². The van der Waals surface area contributed by atoms with Gasteiger partial charge in [-0.2, -0.15) is 0 Å². The van der Waals surface area contributed by atoms with E-state index in [1.54, 1.807) is 6.20 Å². The molecular weight excluding hydrogens is 344 g/mol. The molecule has 5 nitrogen and oxygen atoms in total. The highest BCUT2D eigenvalue weighted by atomic mass is 79.9. The number of hydrogen-bond acceptors (Lipinski definition) is 4. The second-order valence-corrected chi connectivity index (χ2v) is 6.55. The van der Waals surface area contributed by atoms with Crippen LogP contribution < -0.4 is 0 Å². The number of amidine groups is 1. The molecule has 2 rings (SSSR count). The minimum absolute atomic E-state index is 0.402. The molecule has 22 heavy (non-hydrogen) atoms. The number of aliphatic imine (C=N–C) groups is 1. The molecule has 1 unspecified atom stereocenters. The molecule has 2 aliphatic heterocycles. The van der Waals surface area contributed by atoms with Crippen LogP contribution in [0.15, 0.2) is 26.0 Å². The van der Waals surface area contributed by atoms with E-state index in [2.05, 4.69) is 44.1 Å². The lowest BCUT2D eigenvalue weighted by Crippen LogP contribution is -2.37. The number of rotatable bonds is 3. The maximum absolute atomic E-state index is 5.39. The van der Waals surface area contributed by atoms with E-state index >= 15 is 0 Å². The summed E-state index contributed by atoms with van der Waals surface area (Å²) in [7, 11) is 0. The number of terminal acetylenes is 1. The summed E-state index contributed by atoms with van der Waals surface area (Å²) >= 11 is 3.34. The van der Waals surface area contributed by atoms with Crippen molar-refractivity contribution in [1.82, 2.24) is 5.01 Å². The number of halogens is 1. The molecule has 0 spiro atoms. The summed E-state index contributed by atoms with van der Waals surface area (Å²) in [6, 6.07) is 0.402. The third-order valence-corrected chi connectivity index (χ3v) is 3.80. The van der Waals surface area contributed by atoms with Crippen molar-refractivity contribution >= 4 is 21.8 Å². The molecule has 1 atom stereocenters. The molecule has 0 saturated carbocycles. The molecule has 2 heterocycles. The zero-order valence-corrected chi connectivity index (χ0v) is 15.2. The van der Waals surface area contributed by atoms with Crippen molar-refractivity contribution in [3.8, 4) is 12.3 Å². The van der Waals surface area contributed by atoms with Gasteiger partial charge in [0.05, 0.1) is 6.54 Å². The number of ether oxygens (including phenoxy) is 1. The van der Waals surface area contributed by atoms with Gasteiger partial charge in [-0.15, -0.1) is 17.5 Å². The van der Waals surface area contributed by atoms with Crippen LogP contribution in [0.5, 0.6) is 0 Å². The lowest BCUT2D eigenvalue weighted by molar-refractivity contribution is 0.0345. The number of nitrogens with zero attached hydrogens (tertiary/aromatic N) is 4. The molecule has 0 aliphatic carbocycles. The molecule has 0 amide bonds. The fourth-order valence-corrected chi connectivity index (χ4v) is 2.32. The fourth-order valence-electron chi connectivity index (χ4n) is 2.21. The summed E-state index contributed by atoms with van der Waals surface area (Å²) in [4.78, 5) is 4.28. The zero-order valence-electron chi connectivity index (χ0n) is 13.6. The molecule has 0 aromatic rings. The van der Waals surface area contributed by atoms with E-state index in [0.717, 1.165) is 42.8 Å². The van der Waals surface area contributed by atoms with Crippen molar-refractivity contribution in [1.29, 1.82) is 0 Å². The summed E-state index contributed by atoms with van der Waals surface area (Å²) in [6.07, 6.45) is 9.61. The van der Waals surface area contributed by atoms with Crippen LogP contribution >= 0.6 is 15.9 Å². The highest BCUT2D eigenvalue weighted by molar-refractivity contribution is 9.11. The average molecular weight is 369 g/mol. The van der Waals surface area contributed by atoms with Gasteiger partial charge in [-0.3, -0.25) is 5.01 Å². The minimum Gasteiger partial charge on any atom is -0.381 e. The quantitative estimate of drug-likeness (QED) is 0.701. The zero-order chi connectivity index (χ0) is 16.4. The maximum atomic E-state index is 5.39. The highest BCUT2D eigenvalue weighted by Gasteiger charge is 2.28. The van der Waals surface area contributed by atoms with Crippen molar-refractivity contribution in [3.63, 3.8) is 0 Å². The van der Waals surface area contributed by atoms with Crippen molar-refractivity contribution in [2.45, 2.75) is 46.1 Å². The Bertz CT molecular complexity index is 457. The van der Waals surface area contributed by atoms with Gasteiger partial charge >= 0.3 is 0 Å². The Morgan fingerprint density at radius 1 is 1.59 bits per heavy atom. The van der Waals surface area contributed by atoms with E-state index in [-0.39, 0.29) is 0 Å². The summed E-state index contributed by atoms with van der Waals surface area (Å²) < 4.78 is 6.38. The van der Waals surface area contributed by atoms with Crippen LogP contribution in [0.2, 0.25) is 0 Å². The second-order valence-electron chi connectivity index (χ2n) is 5.30. The van der Waals surface area contributed by atoms with Crippen LogP contribution in [-0.2, 0) is 4.74 Å². The third-order valence-electron chi connectivity index (χ3n) is 3.59. The van der Waals surface area contributed by atoms with Crippen LogP contribution in [0.25, 0.3) is 0 Å². The topological polar surface area (TPSA) is 49.5 Å². The average Bonchev–Trinajstić information content (AvgIpc) is 3.02. The number of allylic oxidation sites excluding steroid dienone is 1. The summed E-state index contributed by atoms with van der Waals surface area (Å²) in [6.45, 7) is 8.54. The summed E-state index contributed by atoms with van der Waals surface area (Å²) in [5.74, 6) is 3.85. The predicted molar refractivity (Wildman–Crippen MR) is 93.8 cm³/mol. The van der Waals surface area contributed by atoms with E-state index in [9.17, 15) is 0 Å². The van der Waals surface area contributed by atoms with Gasteiger partial charge in [0.2, 0.25) is 0 Å². The third kappa shape index (κ3) is 6.71. The molecule has 0 radical (unpaired) electrons. The Morgan fingerprint density at radius 3 is 2.77 bits per heavy atom. The standard InChI is InChI=1S/C12H19BrN4O.C4H6/c1-9(13)7-14-12-8-17(16-15-12)10(2)11-3-5-18-6-4-11;1-3-4-2/h7,10-11H,3-6,8H2,1-2H3;1H,4H2,2H3/b9-7+,14-12?;. The van der Waals surface area contributed by atoms with Crippen LogP contribution in [0.1, 0.15) is 40.0 Å². The summed E-state index contributed by atoms with van der Waals surface area (Å²) in [5.41, 5.74) is 0. The van der Waals surface area contributed by atoms with Crippen molar-refractivity contribution in [2.75, 3.05) is 19.8 Å². The van der Waals surface area contributed by atoms with Crippen LogP contribution in [0.3, 0.4) is 0 Å². The Hall–Kier alpha value is -1.19. The Kier molecular flexibility index (Phi) is 9.02. The van der Waals surface area contributed by atoms with Gasteiger partial charge in [-0.05, 0) is 32.6 Å². The Morgan fingerprint density at radius 2 is 2.23 bits per heavy atom. The molecule has 1 fully saturated rings. The normalized spacial score (nSPS) is 22.2. The molecule has 0 bridgehead atoms. The smallest absolute Gasteiger partial charge is 0.173 e. The fraction of sp³-hybridized carbons (Fsp3) is 0.688. The van der Waals surface area contributed by atoms with Gasteiger partial charge in [0, 0.05) is 36.4 Å². The first kappa shape index (κ1) is 18.9. The van der Waals surface area contributed by atoms with E-state index in [4.69, 9.17) is 11.2 Å². The molecule has 0 aromatic heterocycles. The first-order chi connectivity index (χ1) is 10.6. The molecule has 6 heteroatoms. The lowest BCUT2D eigenvalue weighted by Gasteiger charge is -2.31. The van der Waals surface area contributed by atoms with E-state index in [0.29, 0.717) is 18.5 Å². The van der Waals surface area contributed by atoms with Crippen molar-refractivity contribution < 1.29 is 4.74 Å². The predicted octanol–water partition coefficient (Wildman–Crippen LogP) is 4.17. The molecular formula is C16H25BrN4O. The number of hydrogen-bond donors (Lipinski definition) is 0. The van der Waals surface area contributed by atoms with Gasteiger partial charge in [0.1, 0.15) is 0 Å². The second kappa shape index (κ2) is 10.5. The molecule has 1 saturated heterocycles. The van der Waals surface area contributed by atoms with Crippen molar-refractivity contribution in [3.05, 3.63) is 10.7 Å². The first-order valence-electron chi connectivity index (χ1n) is 7.66. The van der Waals surface area contributed by atoms with E-state index < -0.39 is 0 Å². The Labute approximate surface area is 142 Å². The maximum Gasteiger partial charge on any atom is 0.173 e. The molecule has 122 valence electrons. The lowest BCUT2D eigenvalue weighted by atomic mass is 9.92. The van der Waals surface area contributed by atoms with Gasteiger partial charge in [-0.25, -0.2) is 4.99 Å². The summed E-state index contributed by atoms with van der Waals surface area (Å²) in [5, 5.41) is 10.4. The van der Waals surface area contributed by atoms with E-state index in [1.807, 2.05) is 18.9 Å². The van der Waals surface area contributed by atoms with Crippen molar-refractivity contribution in [2.24, 2.45) is 21.2 Å². The molecule has 0 aromatic carbocycles. The van der Waals surface area contributed by atoms with Gasteiger partial charge in [-0.1, -0.05) is 28.1 Å². The molecule has 2 aliphatic rings. The highest BCUT2D eigenvalue weighted by Crippen LogP contribution is 2.24. The van der Waals surface area contributed by atoms with Crippen LogP contribution in [0.4, 0.5) is 0 Å². The molecule has 0 N–H and O–H groups in total. The minimum atomic E-state index is 0.402. The Balaban J connectivity index is 0.000000541. The largest absolute Gasteiger partial charge is 0.381 e. The van der Waals surface area contributed by atoms with Crippen LogP contribution in [0, 0.1) is 18.3 Å². The monoisotopic (exact) mass is 368 g/mol. The van der Waals surface area contributed by atoms with E-state index in [1.165, 1.54) is 0 Å². The SMILES string of the molecule is C#CCC.C/C(Br)=C\N=C1CN(C(C)C2CCOCC2)N=N1.